The Balaban J connectivity index is 1.76. The van der Waals surface area contributed by atoms with Gasteiger partial charge in [0.15, 0.2) is 0 Å². The highest BCUT2D eigenvalue weighted by atomic mass is 32.1. The van der Waals surface area contributed by atoms with Crippen molar-refractivity contribution in [3.8, 4) is 11.3 Å². The third kappa shape index (κ3) is 2.66. The first-order valence-electron chi connectivity index (χ1n) is 6.53. The molecule has 0 saturated heterocycles. The van der Waals surface area contributed by atoms with E-state index >= 15 is 0 Å². The molecule has 0 bridgehead atoms. The Morgan fingerprint density at radius 1 is 1.25 bits per heavy atom. The predicted octanol–water partition coefficient (Wildman–Crippen LogP) is 3.95. The molecule has 0 radical (unpaired) electrons. The van der Waals surface area contributed by atoms with E-state index in [4.69, 9.17) is 10.2 Å². The Bertz CT molecular complexity index is 687. The summed E-state index contributed by atoms with van der Waals surface area (Å²) < 4.78 is 5.30. The van der Waals surface area contributed by atoms with Crippen LogP contribution in [0.15, 0.2) is 52.5 Å². The van der Waals surface area contributed by atoms with E-state index in [1.165, 1.54) is 0 Å². The lowest BCUT2D eigenvalue weighted by Gasteiger charge is -2.08. The summed E-state index contributed by atoms with van der Waals surface area (Å²) in [6.45, 7) is 1.94. The largest absolute Gasteiger partial charge is 0.469 e. The fourth-order valence-corrected chi connectivity index (χ4v) is 3.09. The van der Waals surface area contributed by atoms with Crippen LogP contribution in [0.4, 0.5) is 0 Å². The van der Waals surface area contributed by atoms with Gasteiger partial charge in [0, 0.05) is 29.0 Å². The van der Waals surface area contributed by atoms with Gasteiger partial charge in [0.05, 0.1) is 17.0 Å². The molecule has 2 aromatic heterocycles. The smallest absolute Gasteiger partial charge is 0.105 e. The number of hydrogen-bond acceptors (Lipinski definition) is 4. The zero-order chi connectivity index (χ0) is 13.9. The highest BCUT2D eigenvalue weighted by Crippen LogP contribution is 2.25. The lowest BCUT2D eigenvalue weighted by atomic mass is 10.1. The van der Waals surface area contributed by atoms with Gasteiger partial charge >= 0.3 is 0 Å². The molecule has 1 atom stereocenters. The predicted molar refractivity (Wildman–Crippen MR) is 81.6 cm³/mol. The van der Waals surface area contributed by atoms with Crippen LogP contribution in [-0.4, -0.2) is 4.98 Å². The summed E-state index contributed by atoms with van der Waals surface area (Å²) >= 11 is 1.65. The van der Waals surface area contributed by atoms with Crippen molar-refractivity contribution in [1.82, 2.24) is 4.98 Å². The third-order valence-corrected chi connectivity index (χ3v) is 4.19. The number of nitrogens with two attached hydrogens (primary N) is 1. The topological polar surface area (TPSA) is 52.0 Å². The van der Waals surface area contributed by atoms with Gasteiger partial charge in [-0.15, -0.1) is 11.3 Å². The van der Waals surface area contributed by atoms with Crippen LogP contribution < -0.4 is 5.73 Å². The van der Waals surface area contributed by atoms with E-state index in [2.05, 4.69) is 22.5 Å². The molecule has 0 aliphatic heterocycles. The van der Waals surface area contributed by atoms with Crippen molar-refractivity contribution in [2.45, 2.75) is 19.4 Å². The van der Waals surface area contributed by atoms with Crippen molar-refractivity contribution in [2.75, 3.05) is 0 Å². The van der Waals surface area contributed by atoms with Crippen molar-refractivity contribution < 1.29 is 4.42 Å². The van der Waals surface area contributed by atoms with Crippen molar-refractivity contribution in [3.05, 3.63) is 64.4 Å². The maximum atomic E-state index is 6.23. The summed E-state index contributed by atoms with van der Waals surface area (Å²) in [5.41, 5.74) is 9.44. The maximum Gasteiger partial charge on any atom is 0.105 e. The molecule has 1 aromatic carbocycles. The van der Waals surface area contributed by atoms with Crippen LogP contribution in [0.1, 0.15) is 22.4 Å². The number of furan rings is 1. The van der Waals surface area contributed by atoms with Crippen molar-refractivity contribution in [1.29, 1.82) is 0 Å². The molecule has 0 fully saturated rings. The van der Waals surface area contributed by atoms with Crippen molar-refractivity contribution >= 4 is 11.3 Å². The quantitative estimate of drug-likeness (QED) is 0.789. The number of aryl methyl sites for hydroxylation is 1. The lowest BCUT2D eigenvalue weighted by Crippen LogP contribution is -2.13. The molecule has 2 heterocycles. The Kier molecular flexibility index (Phi) is 3.67. The molecule has 3 aromatic rings. The Hall–Kier alpha value is -1.91. The zero-order valence-corrected chi connectivity index (χ0v) is 12.1. The average Bonchev–Trinajstić information content (AvgIpc) is 3.09. The molecule has 0 saturated carbocycles. The molecule has 0 spiro atoms. The molecule has 20 heavy (non-hydrogen) atoms. The first-order valence-corrected chi connectivity index (χ1v) is 7.41. The second kappa shape index (κ2) is 5.61. The summed E-state index contributed by atoms with van der Waals surface area (Å²) in [7, 11) is 0. The number of nitrogens with zero attached hydrogens (tertiary/aromatic N) is 1. The number of rotatable bonds is 4. The van der Waals surface area contributed by atoms with E-state index < -0.39 is 0 Å². The summed E-state index contributed by atoms with van der Waals surface area (Å²) in [6.07, 6.45) is 2.42. The van der Waals surface area contributed by atoms with E-state index in [0.717, 1.165) is 34.0 Å². The number of hydrogen-bond donors (Lipinski definition) is 1. The summed E-state index contributed by atoms with van der Waals surface area (Å²) in [5.74, 6) is 0.886. The van der Waals surface area contributed by atoms with Gasteiger partial charge in [-0.3, -0.25) is 0 Å². The van der Waals surface area contributed by atoms with Crippen molar-refractivity contribution in [3.63, 3.8) is 0 Å². The highest BCUT2D eigenvalue weighted by molar-refractivity contribution is 7.09. The van der Waals surface area contributed by atoms with Crippen LogP contribution in [0.5, 0.6) is 0 Å². The molecular formula is C16H16N2OS. The number of aromatic nitrogens is 1. The number of thiazole rings is 1. The van der Waals surface area contributed by atoms with Gasteiger partial charge in [0.1, 0.15) is 5.76 Å². The fourth-order valence-electron chi connectivity index (χ4n) is 2.22. The SMILES string of the molecule is Cc1occc1C(N)Cc1nc(-c2ccccc2)cs1. The van der Waals surface area contributed by atoms with Crippen LogP contribution in [-0.2, 0) is 6.42 Å². The van der Waals surface area contributed by atoms with Gasteiger partial charge in [-0.1, -0.05) is 30.3 Å². The molecule has 0 aliphatic rings. The van der Waals surface area contributed by atoms with Gasteiger partial charge in [0.25, 0.3) is 0 Å². The van der Waals surface area contributed by atoms with Crippen molar-refractivity contribution in [2.24, 2.45) is 5.73 Å². The molecule has 102 valence electrons. The Morgan fingerprint density at radius 2 is 2.05 bits per heavy atom. The van der Waals surface area contributed by atoms with Crippen LogP contribution in [0.25, 0.3) is 11.3 Å². The van der Waals surface area contributed by atoms with Crippen LogP contribution >= 0.6 is 11.3 Å². The maximum absolute atomic E-state index is 6.23. The van der Waals surface area contributed by atoms with Gasteiger partial charge in [0.2, 0.25) is 0 Å². The fraction of sp³-hybridized carbons (Fsp3) is 0.188. The summed E-state index contributed by atoms with van der Waals surface area (Å²) in [4.78, 5) is 4.67. The standard InChI is InChI=1S/C16H16N2OS/c1-11-13(7-8-19-11)14(17)9-16-18-15(10-20-16)12-5-3-2-4-6-12/h2-8,10,14H,9,17H2,1H3. The van der Waals surface area contributed by atoms with E-state index in [9.17, 15) is 0 Å². The van der Waals surface area contributed by atoms with Gasteiger partial charge in [-0.2, -0.15) is 0 Å². The minimum atomic E-state index is -0.0662. The minimum Gasteiger partial charge on any atom is -0.469 e. The molecule has 0 aliphatic carbocycles. The molecule has 0 amide bonds. The van der Waals surface area contributed by atoms with E-state index in [0.29, 0.717) is 0 Å². The van der Waals surface area contributed by atoms with Gasteiger partial charge in [-0.25, -0.2) is 4.98 Å². The zero-order valence-electron chi connectivity index (χ0n) is 11.2. The van der Waals surface area contributed by atoms with E-state index in [1.807, 2.05) is 31.2 Å². The lowest BCUT2D eigenvalue weighted by molar-refractivity contribution is 0.524. The first-order chi connectivity index (χ1) is 9.74. The molecular weight excluding hydrogens is 268 g/mol. The van der Waals surface area contributed by atoms with Gasteiger partial charge < -0.3 is 10.2 Å². The van der Waals surface area contributed by atoms with Crippen LogP contribution in [0.3, 0.4) is 0 Å². The monoisotopic (exact) mass is 284 g/mol. The minimum absolute atomic E-state index is 0.0662. The summed E-state index contributed by atoms with van der Waals surface area (Å²) in [5, 5.41) is 3.14. The third-order valence-electron chi connectivity index (χ3n) is 3.31. The van der Waals surface area contributed by atoms with E-state index in [1.54, 1.807) is 17.6 Å². The molecule has 4 heteroatoms. The number of benzene rings is 1. The van der Waals surface area contributed by atoms with E-state index in [-0.39, 0.29) is 6.04 Å². The van der Waals surface area contributed by atoms with Crippen LogP contribution in [0.2, 0.25) is 0 Å². The normalized spacial score (nSPS) is 12.5. The summed E-state index contributed by atoms with van der Waals surface area (Å²) in [6, 6.07) is 12.1. The second-order valence-corrected chi connectivity index (χ2v) is 5.68. The van der Waals surface area contributed by atoms with Gasteiger partial charge in [-0.05, 0) is 13.0 Å². The Morgan fingerprint density at radius 3 is 2.75 bits per heavy atom. The second-order valence-electron chi connectivity index (χ2n) is 4.74. The Labute approximate surface area is 122 Å². The first kappa shape index (κ1) is 13.1. The molecule has 3 nitrogen and oxygen atoms in total. The molecule has 3 rings (SSSR count). The van der Waals surface area contributed by atoms with Crippen LogP contribution in [0, 0.1) is 6.92 Å². The molecule has 2 N–H and O–H groups in total. The molecule has 1 unspecified atom stereocenters. The highest BCUT2D eigenvalue weighted by Gasteiger charge is 2.14. The average molecular weight is 284 g/mol.